The lowest BCUT2D eigenvalue weighted by Gasteiger charge is -2.09. The van der Waals surface area contributed by atoms with Crippen molar-refractivity contribution in [2.24, 2.45) is 7.05 Å². The van der Waals surface area contributed by atoms with E-state index in [1.54, 1.807) is 27.7 Å². The van der Waals surface area contributed by atoms with Crippen LogP contribution in [0.3, 0.4) is 0 Å². The first-order valence-corrected chi connectivity index (χ1v) is 14.1. The van der Waals surface area contributed by atoms with Gasteiger partial charge in [-0.15, -0.1) is 21.5 Å². The quantitative estimate of drug-likeness (QED) is 0.260. The number of thiophene rings is 1. The Labute approximate surface area is 228 Å². The van der Waals surface area contributed by atoms with Crippen molar-refractivity contribution in [1.82, 2.24) is 24.1 Å². The Morgan fingerprint density at radius 3 is 2.39 bits per heavy atom. The van der Waals surface area contributed by atoms with E-state index in [0.717, 1.165) is 28.2 Å². The molecule has 5 aromatic rings. The Morgan fingerprint density at radius 1 is 1.03 bits per heavy atom. The smallest absolute Gasteiger partial charge is 0.295 e. The summed E-state index contributed by atoms with van der Waals surface area (Å²) < 4.78 is 5.32. The Morgan fingerprint density at radius 2 is 1.71 bits per heavy atom. The molecule has 2 aromatic carbocycles. The van der Waals surface area contributed by atoms with Crippen LogP contribution in [0.1, 0.15) is 17.5 Å². The van der Waals surface area contributed by atoms with E-state index in [2.05, 4.69) is 40.0 Å². The maximum absolute atomic E-state index is 13.1. The molecule has 10 heteroatoms. The van der Waals surface area contributed by atoms with Crippen molar-refractivity contribution in [3.8, 4) is 28.2 Å². The molecule has 3 heterocycles. The van der Waals surface area contributed by atoms with Gasteiger partial charge in [0, 0.05) is 35.0 Å². The minimum absolute atomic E-state index is 0.103. The number of aromatic nitrogens is 5. The van der Waals surface area contributed by atoms with Gasteiger partial charge in [0.15, 0.2) is 11.0 Å². The van der Waals surface area contributed by atoms with E-state index in [4.69, 9.17) is 0 Å². The number of rotatable bonds is 8. The number of nitrogens with zero attached hydrogens (tertiary/aromatic N) is 5. The van der Waals surface area contributed by atoms with Gasteiger partial charge in [-0.2, -0.15) is 0 Å². The fourth-order valence-corrected chi connectivity index (χ4v) is 6.15. The topological polar surface area (TPSA) is 86.7 Å². The molecule has 194 valence electrons. The van der Waals surface area contributed by atoms with Crippen LogP contribution in [-0.4, -0.2) is 35.8 Å². The first-order valence-electron chi connectivity index (χ1n) is 12.2. The van der Waals surface area contributed by atoms with Crippen LogP contribution in [0.25, 0.3) is 28.2 Å². The molecule has 5 rings (SSSR count). The maximum Gasteiger partial charge on any atom is 0.295 e. The van der Waals surface area contributed by atoms with Gasteiger partial charge in [-0.05, 0) is 38.5 Å². The molecule has 0 radical (unpaired) electrons. The lowest BCUT2D eigenvalue weighted by molar-refractivity contribution is -0.113. The lowest BCUT2D eigenvalue weighted by Crippen LogP contribution is -2.23. The maximum atomic E-state index is 13.1. The second-order valence-corrected chi connectivity index (χ2v) is 10.8. The third-order valence-electron chi connectivity index (χ3n) is 6.46. The highest BCUT2D eigenvalue weighted by molar-refractivity contribution is 7.99. The number of aryl methyl sites for hydroxylation is 1. The molecule has 0 unspecified atom stereocenters. The number of carbonyl (C=O) groups excluding carboxylic acids is 1. The summed E-state index contributed by atoms with van der Waals surface area (Å²) in [6.07, 6.45) is 0. The fourth-order valence-electron chi connectivity index (χ4n) is 4.48. The molecule has 8 nitrogen and oxygen atoms in total. The van der Waals surface area contributed by atoms with E-state index in [9.17, 15) is 9.59 Å². The number of amides is 1. The number of para-hydroxylation sites is 1. The second kappa shape index (κ2) is 10.8. The van der Waals surface area contributed by atoms with E-state index < -0.39 is 0 Å². The lowest BCUT2D eigenvalue weighted by atomic mass is 10.0. The fraction of sp³-hybridized carbons (Fsp3) is 0.214. The molecule has 0 aliphatic rings. The third kappa shape index (κ3) is 4.72. The zero-order chi connectivity index (χ0) is 26.8. The SMILES string of the molecule is CCn1c(SCC(=O)Nc2c(C)n(C)n(-c3ccccc3)c2=O)nnc1-c1csc(C)c1-c1ccccc1. The monoisotopic (exact) mass is 544 g/mol. The van der Waals surface area contributed by atoms with Crippen LogP contribution < -0.4 is 10.9 Å². The molecule has 0 spiro atoms. The summed E-state index contributed by atoms with van der Waals surface area (Å²) in [5.74, 6) is 0.610. The number of nitrogens with one attached hydrogen (secondary N) is 1. The van der Waals surface area contributed by atoms with Crippen molar-refractivity contribution in [3.63, 3.8) is 0 Å². The van der Waals surface area contributed by atoms with E-state index in [1.807, 2.05) is 66.9 Å². The number of hydrogen-bond acceptors (Lipinski definition) is 6. The van der Waals surface area contributed by atoms with Crippen LogP contribution in [0.2, 0.25) is 0 Å². The molecule has 1 amide bonds. The summed E-state index contributed by atoms with van der Waals surface area (Å²) >= 11 is 2.99. The Balaban J connectivity index is 1.36. The average Bonchev–Trinajstić information content (AvgIpc) is 3.58. The molecule has 0 saturated heterocycles. The first-order chi connectivity index (χ1) is 18.4. The van der Waals surface area contributed by atoms with Crippen LogP contribution in [0.5, 0.6) is 0 Å². The molecule has 0 aliphatic carbocycles. The number of anilines is 1. The minimum atomic E-state index is -0.274. The van der Waals surface area contributed by atoms with Gasteiger partial charge in [0.1, 0.15) is 5.69 Å². The summed E-state index contributed by atoms with van der Waals surface area (Å²) in [7, 11) is 1.80. The predicted molar refractivity (Wildman–Crippen MR) is 154 cm³/mol. The van der Waals surface area contributed by atoms with Crippen LogP contribution in [-0.2, 0) is 18.4 Å². The van der Waals surface area contributed by atoms with E-state index in [1.165, 1.54) is 16.6 Å². The molecule has 0 atom stereocenters. The highest BCUT2D eigenvalue weighted by Crippen LogP contribution is 2.39. The number of thioether (sulfide) groups is 1. The van der Waals surface area contributed by atoms with Crippen molar-refractivity contribution < 1.29 is 4.79 Å². The number of hydrogen-bond donors (Lipinski definition) is 1. The molecular formula is C28H28N6O2S2. The van der Waals surface area contributed by atoms with E-state index in [-0.39, 0.29) is 22.9 Å². The highest BCUT2D eigenvalue weighted by atomic mass is 32.2. The van der Waals surface area contributed by atoms with Gasteiger partial charge in [-0.3, -0.25) is 14.3 Å². The summed E-state index contributed by atoms with van der Waals surface area (Å²) in [5, 5.41) is 14.5. The number of benzene rings is 2. The Bertz CT molecular complexity index is 1650. The van der Waals surface area contributed by atoms with Crippen molar-refractivity contribution >= 4 is 34.7 Å². The average molecular weight is 545 g/mol. The van der Waals surface area contributed by atoms with Crippen LogP contribution in [0, 0.1) is 13.8 Å². The summed E-state index contributed by atoms with van der Waals surface area (Å²) in [6.45, 7) is 6.63. The largest absolute Gasteiger partial charge is 0.319 e. The van der Waals surface area contributed by atoms with Crippen molar-refractivity contribution in [2.45, 2.75) is 32.5 Å². The van der Waals surface area contributed by atoms with Gasteiger partial charge >= 0.3 is 0 Å². The predicted octanol–water partition coefficient (Wildman–Crippen LogP) is 5.53. The molecule has 0 aliphatic heterocycles. The van der Waals surface area contributed by atoms with Crippen LogP contribution in [0.4, 0.5) is 5.69 Å². The van der Waals surface area contributed by atoms with Crippen LogP contribution in [0.15, 0.2) is 76.0 Å². The molecule has 1 N–H and O–H groups in total. The Kier molecular flexibility index (Phi) is 7.35. The number of carbonyl (C=O) groups is 1. The molecule has 0 saturated carbocycles. The zero-order valence-electron chi connectivity index (χ0n) is 21.6. The van der Waals surface area contributed by atoms with Gasteiger partial charge in [0.05, 0.1) is 17.1 Å². The summed E-state index contributed by atoms with van der Waals surface area (Å²) in [6, 6.07) is 19.6. The second-order valence-electron chi connectivity index (χ2n) is 8.77. The van der Waals surface area contributed by atoms with Gasteiger partial charge in [-0.25, -0.2) is 4.68 Å². The highest BCUT2D eigenvalue weighted by Gasteiger charge is 2.22. The molecule has 0 fully saturated rings. The van der Waals surface area contributed by atoms with Gasteiger partial charge in [0.2, 0.25) is 5.91 Å². The van der Waals surface area contributed by atoms with E-state index in [0.29, 0.717) is 17.4 Å². The van der Waals surface area contributed by atoms with Crippen molar-refractivity contribution in [1.29, 1.82) is 0 Å². The van der Waals surface area contributed by atoms with Crippen LogP contribution >= 0.6 is 23.1 Å². The standard InChI is InChI=1S/C28H28N6O2S2/c1-5-33-26(22-16-37-19(3)24(22)20-12-8-6-9-13-20)30-31-28(33)38-17-23(35)29-25-18(2)32(4)34(27(25)36)21-14-10-7-11-15-21/h6-16H,5,17H2,1-4H3,(H,29,35). The summed E-state index contributed by atoms with van der Waals surface area (Å²) in [5.41, 5.74) is 4.75. The molecular weight excluding hydrogens is 516 g/mol. The Hall–Kier alpha value is -3.89. The minimum Gasteiger partial charge on any atom is -0.319 e. The molecule has 0 bridgehead atoms. The zero-order valence-corrected chi connectivity index (χ0v) is 23.3. The molecule has 3 aromatic heterocycles. The normalized spacial score (nSPS) is 11.2. The van der Waals surface area contributed by atoms with Gasteiger partial charge in [0.25, 0.3) is 5.56 Å². The first kappa shape index (κ1) is 25.7. The summed E-state index contributed by atoms with van der Waals surface area (Å²) in [4.78, 5) is 27.3. The third-order valence-corrected chi connectivity index (χ3v) is 8.34. The van der Waals surface area contributed by atoms with Crippen molar-refractivity contribution in [3.05, 3.63) is 87.0 Å². The van der Waals surface area contributed by atoms with Gasteiger partial charge < -0.3 is 9.88 Å². The van der Waals surface area contributed by atoms with Crippen molar-refractivity contribution in [2.75, 3.05) is 11.1 Å². The van der Waals surface area contributed by atoms with Gasteiger partial charge in [-0.1, -0.05) is 60.3 Å². The van der Waals surface area contributed by atoms with E-state index >= 15 is 0 Å². The molecule has 38 heavy (non-hydrogen) atoms.